The molecule has 7 heteroatoms. The molecule has 2 aromatic rings. The molecule has 0 amide bonds. The molecule has 26 heavy (non-hydrogen) atoms. The van der Waals surface area contributed by atoms with Gasteiger partial charge in [-0.3, -0.25) is 0 Å². The van der Waals surface area contributed by atoms with E-state index in [1.807, 2.05) is 26.0 Å². The number of nitrogens with one attached hydrogen (secondary N) is 2. The van der Waals surface area contributed by atoms with Crippen LogP contribution < -0.4 is 20.1 Å². The Labute approximate surface area is 153 Å². The van der Waals surface area contributed by atoms with Gasteiger partial charge in [0.15, 0.2) is 17.5 Å². The summed E-state index contributed by atoms with van der Waals surface area (Å²) in [5.74, 6) is 1.09. The number of halogens is 1. The fourth-order valence-corrected chi connectivity index (χ4v) is 2.21. The van der Waals surface area contributed by atoms with E-state index in [0.29, 0.717) is 24.9 Å². The minimum Gasteiger partial charge on any atom is -0.486 e. The van der Waals surface area contributed by atoms with E-state index in [1.165, 1.54) is 6.07 Å². The van der Waals surface area contributed by atoms with E-state index >= 15 is 0 Å². The van der Waals surface area contributed by atoms with Gasteiger partial charge < -0.3 is 20.1 Å². The predicted octanol–water partition coefficient (Wildman–Crippen LogP) is 2.75. The number of benzene rings is 1. The molecule has 0 bridgehead atoms. The van der Waals surface area contributed by atoms with Crippen molar-refractivity contribution in [2.75, 3.05) is 20.2 Å². The quantitative estimate of drug-likeness (QED) is 0.560. The van der Waals surface area contributed by atoms with E-state index < -0.39 is 0 Å². The van der Waals surface area contributed by atoms with Crippen molar-refractivity contribution >= 4 is 5.96 Å². The van der Waals surface area contributed by atoms with Crippen LogP contribution in [0.2, 0.25) is 0 Å². The van der Waals surface area contributed by atoms with Gasteiger partial charge in [0.25, 0.3) is 0 Å². The van der Waals surface area contributed by atoms with Gasteiger partial charge in [0.1, 0.15) is 6.10 Å². The first kappa shape index (κ1) is 19.5. The number of para-hydroxylation sites is 1. The Hall–Kier alpha value is -2.83. The summed E-state index contributed by atoms with van der Waals surface area (Å²) in [5, 5.41) is 6.38. The number of hydrogen-bond acceptors (Lipinski definition) is 4. The standard InChI is InChI=1S/C19H25FN4O2/c1-4-21-19(24-13-15-9-10-22-18(11-15)25-3)23-12-14(2)26-17-8-6-5-7-16(17)20/h5-11,14H,4,12-13H2,1-3H3,(H2,21,23,24). The van der Waals surface area contributed by atoms with Gasteiger partial charge in [0, 0.05) is 18.8 Å². The Bertz CT molecular complexity index is 724. The Balaban J connectivity index is 1.91. The lowest BCUT2D eigenvalue weighted by molar-refractivity contribution is 0.214. The number of rotatable bonds is 8. The number of hydrogen-bond donors (Lipinski definition) is 2. The third kappa shape index (κ3) is 6.23. The van der Waals surface area contributed by atoms with Crippen LogP contribution in [0.15, 0.2) is 47.6 Å². The van der Waals surface area contributed by atoms with Crippen molar-refractivity contribution in [1.82, 2.24) is 15.6 Å². The topological polar surface area (TPSA) is 67.8 Å². The van der Waals surface area contributed by atoms with E-state index in [-0.39, 0.29) is 17.7 Å². The summed E-state index contributed by atoms with van der Waals surface area (Å²) in [7, 11) is 1.58. The second kappa shape index (κ2) is 10.2. The fraction of sp³-hybridized carbons (Fsp3) is 0.368. The van der Waals surface area contributed by atoms with Gasteiger partial charge in [-0.1, -0.05) is 12.1 Å². The molecule has 2 N–H and O–H groups in total. The molecular formula is C19H25FN4O2. The average Bonchev–Trinajstić information content (AvgIpc) is 2.66. The number of aliphatic imine (C=N–C) groups is 1. The lowest BCUT2D eigenvalue weighted by Gasteiger charge is -2.18. The highest BCUT2D eigenvalue weighted by Gasteiger charge is 2.09. The number of methoxy groups -OCH3 is 1. The fourth-order valence-electron chi connectivity index (χ4n) is 2.21. The van der Waals surface area contributed by atoms with Crippen LogP contribution in [-0.2, 0) is 6.54 Å². The molecule has 1 atom stereocenters. The third-order valence-electron chi connectivity index (χ3n) is 3.49. The zero-order valence-corrected chi connectivity index (χ0v) is 15.3. The van der Waals surface area contributed by atoms with Gasteiger partial charge in [-0.25, -0.2) is 14.4 Å². The molecule has 1 heterocycles. The molecule has 1 aromatic heterocycles. The van der Waals surface area contributed by atoms with Gasteiger partial charge in [-0.2, -0.15) is 0 Å². The van der Waals surface area contributed by atoms with Crippen molar-refractivity contribution in [1.29, 1.82) is 0 Å². The molecule has 0 saturated heterocycles. The van der Waals surface area contributed by atoms with Crippen LogP contribution in [-0.4, -0.2) is 37.2 Å². The van der Waals surface area contributed by atoms with E-state index in [9.17, 15) is 4.39 Å². The van der Waals surface area contributed by atoms with Gasteiger partial charge in [0.2, 0.25) is 5.88 Å². The molecule has 0 fully saturated rings. The summed E-state index contributed by atoms with van der Waals surface area (Å²) in [6.45, 7) is 5.56. The van der Waals surface area contributed by atoms with Crippen LogP contribution >= 0.6 is 0 Å². The minimum atomic E-state index is -0.369. The normalized spacial score (nSPS) is 12.4. The molecular weight excluding hydrogens is 335 g/mol. The molecule has 0 aliphatic heterocycles. The highest BCUT2D eigenvalue weighted by molar-refractivity contribution is 5.79. The summed E-state index contributed by atoms with van der Waals surface area (Å²) in [6.07, 6.45) is 1.46. The van der Waals surface area contributed by atoms with Gasteiger partial charge in [-0.05, 0) is 37.6 Å². The molecule has 0 spiro atoms. The summed E-state index contributed by atoms with van der Waals surface area (Å²) in [5.41, 5.74) is 0.990. The Kier molecular flexibility index (Phi) is 7.67. The zero-order valence-electron chi connectivity index (χ0n) is 15.3. The maximum atomic E-state index is 13.6. The second-order valence-corrected chi connectivity index (χ2v) is 5.64. The molecule has 1 unspecified atom stereocenters. The molecule has 1 aromatic carbocycles. The Morgan fingerprint density at radius 1 is 1.27 bits per heavy atom. The maximum Gasteiger partial charge on any atom is 0.213 e. The van der Waals surface area contributed by atoms with E-state index in [4.69, 9.17) is 9.47 Å². The highest BCUT2D eigenvalue weighted by Crippen LogP contribution is 2.16. The molecule has 140 valence electrons. The summed E-state index contributed by atoms with van der Waals surface area (Å²) in [4.78, 5) is 8.62. The molecule has 0 radical (unpaired) electrons. The number of aromatic nitrogens is 1. The second-order valence-electron chi connectivity index (χ2n) is 5.64. The molecule has 0 aliphatic rings. The number of nitrogens with zero attached hydrogens (tertiary/aromatic N) is 2. The van der Waals surface area contributed by atoms with Crippen LogP contribution in [0.1, 0.15) is 19.4 Å². The predicted molar refractivity (Wildman–Crippen MR) is 100 cm³/mol. The van der Waals surface area contributed by atoms with Gasteiger partial charge >= 0.3 is 0 Å². The third-order valence-corrected chi connectivity index (χ3v) is 3.49. The van der Waals surface area contributed by atoms with Crippen LogP contribution in [0.3, 0.4) is 0 Å². The summed E-state index contributed by atoms with van der Waals surface area (Å²) in [6, 6.07) is 10.1. The first-order valence-corrected chi connectivity index (χ1v) is 8.54. The highest BCUT2D eigenvalue weighted by atomic mass is 19.1. The molecule has 0 saturated carbocycles. The lowest BCUT2D eigenvalue weighted by atomic mass is 10.3. The van der Waals surface area contributed by atoms with Gasteiger partial charge in [0.05, 0.1) is 20.2 Å². The Morgan fingerprint density at radius 2 is 2.08 bits per heavy atom. The van der Waals surface area contributed by atoms with Crippen molar-refractivity contribution < 1.29 is 13.9 Å². The minimum absolute atomic E-state index is 0.225. The SMILES string of the molecule is CCNC(=NCc1ccnc(OC)c1)NCC(C)Oc1ccccc1F. The van der Waals surface area contributed by atoms with Crippen molar-refractivity contribution in [3.63, 3.8) is 0 Å². The monoisotopic (exact) mass is 360 g/mol. The first-order chi connectivity index (χ1) is 12.6. The smallest absolute Gasteiger partial charge is 0.213 e. The van der Waals surface area contributed by atoms with Gasteiger partial charge in [-0.15, -0.1) is 0 Å². The van der Waals surface area contributed by atoms with E-state index in [1.54, 1.807) is 31.5 Å². The van der Waals surface area contributed by atoms with Crippen LogP contribution in [0.25, 0.3) is 0 Å². The summed E-state index contributed by atoms with van der Waals surface area (Å²) >= 11 is 0. The molecule has 0 aliphatic carbocycles. The summed E-state index contributed by atoms with van der Waals surface area (Å²) < 4.78 is 24.4. The van der Waals surface area contributed by atoms with Crippen LogP contribution in [0, 0.1) is 5.82 Å². The van der Waals surface area contributed by atoms with Crippen molar-refractivity contribution in [2.24, 2.45) is 4.99 Å². The zero-order chi connectivity index (χ0) is 18.8. The van der Waals surface area contributed by atoms with Crippen molar-refractivity contribution in [2.45, 2.75) is 26.5 Å². The maximum absolute atomic E-state index is 13.6. The average molecular weight is 360 g/mol. The van der Waals surface area contributed by atoms with Crippen LogP contribution in [0.4, 0.5) is 4.39 Å². The van der Waals surface area contributed by atoms with Crippen LogP contribution in [0.5, 0.6) is 11.6 Å². The molecule has 6 nitrogen and oxygen atoms in total. The van der Waals surface area contributed by atoms with Crippen molar-refractivity contribution in [3.05, 3.63) is 54.0 Å². The number of guanidine groups is 1. The Morgan fingerprint density at radius 3 is 2.81 bits per heavy atom. The lowest BCUT2D eigenvalue weighted by Crippen LogP contribution is -2.41. The van der Waals surface area contributed by atoms with Crippen molar-refractivity contribution in [3.8, 4) is 11.6 Å². The number of ether oxygens (including phenoxy) is 2. The first-order valence-electron chi connectivity index (χ1n) is 8.54. The van der Waals surface area contributed by atoms with E-state index in [0.717, 1.165) is 12.1 Å². The van der Waals surface area contributed by atoms with E-state index in [2.05, 4.69) is 20.6 Å². The number of pyridine rings is 1. The largest absolute Gasteiger partial charge is 0.486 e. The molecule has 2 rings (SSSR count).